The molecule has 0 radical (unpaired) electrons. The van der Waals surface area contributed by atoms with Crippen LogP contribution in [0.3, 0.4) is 0 Å². The Labute approximate surface area is 171 Å². The van der Waals surface area contributed by atoms with Gasteiger partial charge in [-0.2, -0.15) is 0 Å². The molecular weight excluding hydrogens is 380 g/mol. The third-order valence-corrected chi connectivity index (χ3v) is 5.21. The SMILES string of the molecule is CCOc1ccccc1NC(=S)N(Cc1ccccc1Cl)CC1CCCO1. The van der Waals surface area contributed by atoms with Crippen LogP contribution in [0.15, 0.2) is 48.5 Å². The zero-order valence-corrected chi connectivity index (χ0v) is 17.1. The lowest BCUT2D eigenvalue weighted by molar-refractivity contribution is 0.0905. The van der Waals surface area contributed by atoms with E-state index in [1.54, 1.807) is 0 Å². The molecule has 1 saturated heterocycles. The minimum absolute atomic E-state index is 0.189. The van der Waals surface area contributed by atoms with Gasteiger partial charge in [0.2, 0.25) is 0 Å². The number of para-hydroxylation sites is 2. The number of ether oxygens (including phenoxy) is 2. The smallest absolute Gasteiger partial charge is 0.173 e. The van der Waals surface area contributed by atoms with Crippen molar-refractivity contribution < 1.29 is 9.47 Å². The van der Waals surface area contributed by atoms with Crippen molar-refractivity contribution in [1.29, 1.82) is 0 Å². The third kappa shape index (κ3) is 5.58. The molecule has 3 rings (SSSR count). The number of anilines is 1. The Hall–Kier alpha value is -1.82. The summed E-state index contributed by atoms with van der Waals surface area (Å²) < 4.78 is 11.5. The Balaban J connectivity index is 1.76. The molecule has 0 aromatic heterocycles. The van der Waals surface area contributed by atoms with Crippen LogP contribution in [-0.4, -0.2) is 35.9 Å². The number of nitrogens with one attached hydrogen (secondary N) is 1. The van der Waals surface area contributed by atoms with E-state index in [9.17, 15) is 0 Å². The summed E-state index contributed by atoms with van der Waals surface area (Å²) in [5.41, 5.74) is 1.90. The normalized spacial score (nSPS) is 16.1. The second-order valence-electron chi connectivity index (χ2n) is 6.47. The van der Waals surface area contributed by atoms with Gasteiger partial charge in [-0.3, -0.25) is 0 Å². The molecule has 0 saturated carbocycles. The van der Waals surface area contributed by atoms with Crippen molar-refractivity contribution in [2.75, 3.05) is 25.1 Å². The number of rotatable bonds is 7. The fourth-order valence-corrected chi connectivity index (χ4v) is 3.58. The fraction of sp³-hybridized carbons (Fsp3) is 0.381. The van der Waals surface area contributed by atoms with Gasteiger partial charge in [-0.15, -0.1) is 0 Å². The van der Waals surface area contributed by atoms with Gasteiger partial charge in [0.1, 0.15) is 5.75 Å². The lowest BCUT2D eigenvalue weighted by Crippen LogP contribution is -2.39. The van der Waals surface area contributed by atoms with Gasteiger partial charge in [0.15, 0.2) is 5.11 Å². The molecule has 2 aromatic carbocycles. The van der Waals surface area contributed by atoms with Crippen LogP contribution in [0, 0.1) is 0 Å². The maximum Gasteiger partial charge on any atom is 0.173 e. The van der Waals surface area contributed by atoms with Gasteiger partial charge in [-0.1, -0.05) is 41.9 Å². The Bertz CT molecular complexity index is 765. The highest BCUT2D eigenvalue weighted by atomic mass is 35.5. The quantitative estimate of drug-likeness (QED) is 0.648. The second kappa shape index (κ2) is 9.93. The maximum atomic E-state index is 6.37. The van der Waals surface area contributed by atoms with Crippen LogP contribution >= 0.6 is 23.8 Å². The summed E-state index contributed by atoms with van der Waals surface area (Å²) in [6, 6.07) is 15.7. The minimum Gasteiger partial charge on any atom is -0.492 e. The zero-order valence-electron chi connectivity index (χ0n) is 15.5. The number of benzene rings is 2. The topological polar surface area (TPSA) is 33.7 Å². The Morgan fingerprint density at radius 2 is 2.04 bits per heavy atom. The van der Waals surface area contributed by atoms with Gasteiger partial charge >= 0.3 is 0 Å². The highest BCUT2D eigenvalue weighted by Crippen LogP contribution is 2.25. The van der Waals surface area contributed by atoms with Crippen LogP contribution in [0.1, 0.15) is 25.3 Å². The molecule has 4 nitrogen and oxygen atoms in total. The van der Waals surface area contributed by atoms with E-state index in [0.717, 1.165) is 48.0 Å². The largest absolute Gasteiger partial charge is 0.492 e. The van der Waals surface area contributed by atoms with Crippen molar-refractivity contribution in [3.8, 4) is 5.75 Å². The Morgan fingerprint density at radius 3 is 2.78 bits per heavy atom. The lowest BCUT2D eigenvalue weighted by Gasteiger charge is -2.29. The highest BCUT2D eigenvalue weighted by Gasteiger charge is 2.22. The van der Waals surface area contributed by atoms with E-state index < -0.39 is 0 Å². The summed E-state index contributed by atoms with van der Waals surface area (Å²) in [6.07, 6.45) is 2.34. The van der Waals surface area contributed by atoms with Crippen LogP contribution in [0.2, 0.25) is 5.02 Å². The molecule has 1 aliphatic heterocycles. The van der Waals surface area contributed by atoms with Gasteiger partial charge in [-0.05, 0) is 55.7 Å². The molecule has 1 atom stereocenters. The first-order chi connectivity index (χ1) is 13.2. The Morgan fingerprint density at radius 1 is 1.26 bits per heavy atom. The number of hydrogen-bond donors (Lipinski definition) is 1. The molecule has 0 amide bonds. The van der Waals surface area contributed by atoms with E-state index in [0.29, 0.717) is 18.3 Å². The summed E-state index contributed by atoms with van der Waals surface area (Å²) in [5, 5.41) is 4.72. The van der Waals surface area contributed by atoms with Crippen LogP contribution in [0.5, 0.6) is 5.75 Å². The molecule has 1 N–H and O–H groups in total. The van der Waals surface area contributed by atoms with Crippen LogP contribution < -0.4 is 10.1 Å². The van der Waals surface area contributed by atoms with Crippen LogP contribution in [0.4, 0.5) is 5.69 Å². The van der Waals surface area contributed by atoms with E-state index in [4.69, 9.17) is 33.3 Å². The van der Waals surface area contributed by atoms with Crippen molar-refractivity contribution in [2.24, 2.45) is 0 Å². The van der Waals surface area contributed by atoms with Gasteiger partial charge in [0.25, 0.3) is 0 Å². The summed E-state index contributed by atoms with van der Waals surface area (Å²) in [7, 11) is 0. The molecule has 0 bridgehead atoms. The first-order valence-electron chi connectivity index (χ1n) is 9.30. The molecule has 2 aromatic rings. The van der Waals surface area contributed by atoms with E-state index >= 15 is 0 Å². The summed E-state index contributed by atoms with van der Waals surface area (Å²) in [5.74, 6) is 0.789. The standard InChI is InChI=1S/C21H25ClN2O2S/c1-2-25-20-12-6-5-11-19(20)23-21(27)24(15-17-9-7-13-26-17)14-16-8-3-4-10-18(16)22/h3-6,8,10-12,17H,2,7,9,13-15H2,1H3,(H,23,27). The molecule has 1 unspecified atom stereocenters. The zero-order chi connectivity index (χ0) is 19.1. The number of nitrogens with zero attached hydrogens (tertiary/aromatic N) is 1. The first kappa shape index (κ1) is 19.9. The first-order valence-corrected chi connectivity index (χ1v) is 10.1. The fourth-order valence-electron chi connectivity index (χ4n) is 3.13. The number of thiocarbonyl (C=S) groups is 1. The number of hydrogen-bond acceptors (Lipinski definition) is 3. The van der Waals surface area contributed by atoms with Gasteiger partial charge in [0, 0.05) is 24.7 Å². The molecule has 144 valence electrons. The molecule has 6 heteroatoms. The van der Waals surface area contributed by atoms with Gasteiger partial charge in [0.05, 0.1) is 18.4 Å². The summed E-state index contributed by atoms with van der Waals surface area (Å²) in [4.78, 5) is 2.12. The van der Waals surface area contributed by atoms with E-state index in [-0.39, 0.29) is 6.10 Å². The number of halogens is 1. The van der Waals surface area contributed by atoms with Gasteiger partial charge in [-0.25, -0.2) is 0 Å². The predicted molar refractivity (Wildman–Crippen MR) is 115 cm³/mol. The monoisotopic (exact) mass is 404 g/mol. The molecular formula is C21H25ClN2O2S. The second-order valence-corrected chi connectivity index (χ2v) is 7.26. The highest BCUT2D eigenvalue weighted by molar-refractivity contribution is 7.80. The van der Waals surface area contributed by atoms with Crippen molar-refractivity contribution in [1.82, 2.24) is 4.90 Å². The average molecular weight is 405 g/mol. The van der Waals surface area contributed by atoms with E-state index in [2.05, 4.69) is 10.2 Å². The minimum atomic E-state index is 0.189. The van der Waals surface area contributed by atoms with Gasteiger partial charge < -0.3 is 19.7 Å². The molecule has 0 aliphatic carbocycles. The molecule has 1 heterocycles. The summed E-state index contributed by atoms with van der Waals surface area (Å²) >= 11 is 12.1. The van der Waals surface area contributed by atoms with Crippen molar-refractivity contribution in [3.05, 3.63) is 59.1 Å². The van der Waals surface area contributed by atoms with E-state index in [1.807, 2.05) is 55.5 Å². The maximum absolute atomic E-state index is 6.37. The van der Waals surface area contributed by atoms with E-state index in [1.165, 1.54) is 0 Å². The molecule has 1 aliphatic rings. The molecule has 1 fully saturated rings. The van der Waals surface area contributed by atoms with Crippen LogP contribution in [0.25, 0.3) is 0 Å². The predicted octanol–water partition coefficient (Wildman–Crippen LogP) is 5.12. The van der Waals surface area contributed by atoms with Crippen molar-refractivity contribution in [3.63, 3.8) is 0 Å². The van der Waals surface area contributed by atoms with Crippen molar-refractivity contribution >= 4 is 34.6 Å². The third-order valence-electron chi connectivity index (χ3n) is 4.48. The molecule has 0 spiro atoms. The average Bonchev–Trinajstić information content (AvgIpc) is 3.18. The Kier molecular flexibility index (Phi) is 7.33. The van der Waals surface area contributed by atoms with Crippen molar-refractivity contribution in [2.45, 2.75) is 32.4 Å². The lowest BCUT2D eigenvalue weighted by atomic mass is 10.2. The summed E-state index contributed by atoms with van der Waals surface area (Å²) in [6.45, 7) is 4.74. The molecule has 27 heavy (non-hydrogen) atoms. The van der Waals surface area contributed by atoms with Crippen LogP contribution in [-0.2, 0) is 11.3 Å².